The molecule has 5 nitrogen and oxygen atoms in total. The van der Waals surface area contributed by atoms with Gasteiger partial charge in [0.05, 0.1) is 5.92 Å². The summed E-state index contributed by atoms with van der Waals surface area (Å²) >= 11 is 0. The average Bonchev–Trinajstić information content (AvgIpc) is 3.06. The first-order valence-electron chi connectivity index (χ1n) is 8.69. The Morgan fingerprint density at radius 3 is 2.68 bits per heavy atom. The molecular weight excluding hydrogens is 336 g/mol. The van der Waals surface area contributed by atoms with E-state index in [0.717, 1.165) is 30.9 Å². The maximum atomic E-state index is 13.1. The molecule has 1 aliphatic heterocycles. The minimum atomic E-state index is -0.142. The summed E-state index contributed by atoms with van der Waals surface area (Å²) in [6.07, 6.45) is 4.74. The summed E-state index contributed by atoms with van der Waals surface area (Å²) in [6.45, 7) is 6.43. The van der Waals surface area contributed by atoms with Gasteiger partial charge in [0.25, 0.3) is 0 Å². The number of halogens is 1. The molecule has 0 spiro atoms. The van der Waals surface area contributed by atoms with Crippen molar-refractivity contribution in [3.63, 3.8) is 0 Å². The van der Waals surface area contributed by atoms with Crippen LogP contribution >= 0.6 is 12.4 Å². The fourth-order valence-electron chi connectivity index (χ4n) is 3.33. The van der Waals surface area contributed by atoms with E-state index in [1.54, 1.807) is 6.20 Å². The van der Waals surface area contributed by atoms with E-state index >= 15 is 0 Å². The second kappa shape index (κ2) is 8.50. The molecule has 1 aromatic heterocycles. The van der Waals surface area contributed by atoms with E-state index in [1.807, 2.05) is 29.6 Å². The molecule has 1 aliphatic rings. The minimum Gasteiger partial charge on any atom is -0.336 e. The van der Waals surface area contributed by atoms with Gasteiger partial charge in [0.2, 0.25) is 5.91 Å². The summed E-state index contributed by atoms with van der Waals surface area (Å²) in [7, 11) is 1.98. The molecule has 1 fully saturated rings. The van der Waals surface area contributed by atoms with Crippen LogP contribution in [0.5, 0.6) is 0 Å². The number of aryl methyl sites for hydroxylation is 2. The van der Waals surface area contributed by atoms with Crippen molar-refractivity contribution >= 4 is 18.3 Å². The lowest BCUT2D eigenvalue weighted by atomic mass is 9.96. The van der Waals surface area contributed by atoms with Crippen LogP contribution in [0.15, 0.2) is 36.7 Å². The zero-order valence-electron chi connectivity index (χ0n) is 15.1. The smallest absolute Gasteiger partial charge is 0.230 e. The van der Waals surface area contributed by atoms with Crippen molar-refractivity contribution in [2.75, 3.05) is 19.6 Å². The van der Waals surface area contributed by atoms with Gasteiger partial charge in [-0.3, -0.25) is 4.79 Å². The number of aromatic nitrogens is 2. The number of carbonyl (C=O) groups is 1. The highest BCUT2D eigenvalue weighted by molar-refractivity contribution is 5.85. The standard InChI is InChI=1S/C19H26N4O.ClH/c1-4-15-5-7-16(8-6-15)14(2)19(24)23-12-9-20-13-17(23)18-21-10-11-22(18)3;/h5-8,10-11,14,17,20H,4,9,12-13H2,1-3H3;1H. The summed E-state index contributed by atoms with van der Waals surface area (Å²) < 4.78 is 2.00. The molecule has 2 aromatic rings. The molecule has 2 unspecified atom stereocenters. The van der Waals surface area contributed by atoms with Crippen molar-refractivity contribution in [2.45, 2.75) is 32.2 Å². The number of imidazole rings is 1. The second-order valence-electron chi connectivity index (χ2n) is 6.46. The Balaban J connectivity index is 0.00000225. The number of piperazine rings is 1. The molecule has 0 radical (unpaired) electrons. The minimum absolute atomic E-state index is 0. The fourth-order valence-corrected chi connectivity index (χ4v) is 3.33. The number of rotatable bonds is 4. The second-order valence-corrected chi connectivity index (χ2v) is 6.46. The first-order chi connectivity index (χ1) is 11.6. The Labute approximate surface area is 155 Å². The van der Waals surface area contributed by atoms with Crippen LogP contribution in [0.2, 0.25) is 0 Å². The predicted octanol–water partition coefficient (Wildman–Crippen LogP) is 2.68. The third kappa shape index (κ3) is 4.05. The lowest BCUT2D eigenvalue weighted by Crippen LogP contribution is -2.50. The Morgan fingerprint density at radius 1 is 1.36 bits per heavy atom. The van der Waals surface area contributed by atoms with Gasteiger partial charge in [0.1, 0.15) is 11.9 Å². The monoisotopic (exact) mass is 362 g/mol. The van der Waals surface area contributed by atoms with E-state index < -0.39 is 0 Å². The third-order valence-electron chi connectivity index (χ3n) is 4.94. The highest BCUT2D eigenvalue weighted by atomic mass is 35.5. The van der Waals surface area contributed by atoms with Crippen LogP contribution in [0.3, 0.4) is 0 Å². The van der Waals surface area contributed by atoms with Gasteiger partial charge in [0.15, 0.2) is 0 Å². The molecule has 1 aromatic carbocycles. The molecule has 6 heteroatoms. The van der Waals surface area contributed by atoms with Crippen molar-refractivity contribution in [3.8, 4) is 0 Å². The molecule has 0 saturated carbocycles. The molecule has 1 amide bonds. The summed E-state index contributed by atoms with van der Waals surface area (Å²) in [4.78, 5) is 19.6. The summed E-state index contributed by atoms with van der Waals surface area (Å²) in [6, 6.07) is 8.39. The third-order valence-corrected chi connectivity index (χ3v) is 4.94. The molecule has 2 heterocycles. The molecule has 25 heavy (non-hydrogen) atoms. The molecule has 2 atom stereocenters. The van der Waals surface area contributed by atoms with Gasteiger partial charge in [0, 0.05) is 39.1 Å². The lowest BCUT2D eigenvalue weighted by molar-refractivity contribution is -0.136. The van der Waals surface area contributed by atoms with E-state index in [2.05, 4.69) is 41.5 Å². The number of benzene rings is 1. The van der Waals surface area contributed by atoms with Crippen molar-refractivity contribution in [2.24, 2.45) is 7.05 Å². The van der Waals surface area contributed by atoms with Gasteiger partial charge in [-0.05, 0) is 24.5 Å². The van der Waals surface area contributed by atoms with Crippen LogP contribution < -0.4 is 5.32 Å². The van der Waals surface area contributed by atoms with Crippen LogP contribution in [0.1, 0.15) is 42.8 Å². The van der Waals surface area contributed by atoms with E-state index in [9.17, 15) is 4.79 Å². The van der Waals surface area contributed by atoms with E-state index in [1.165, 1.54) is 5.56 Å². The van der Waals surface area contributed by atoms with Gasteiger partial charge in [-0.25, -0.2) is 4.98 Å². The molecule has 136 valence electrons. The molecule has 0 bridgehead atoms. The first-order valence-corrected chi connectivity index (χ1v) is 8.69. The van der Waals surface area contributed by atoms with Crippen LogP contribution in [0, 0.1) is 0 Å². The molecule has 1 saturated heterocycles. The SMILES string of the molecule is CCc1ccc(C(C)C(=O)N2CCNCC2c2nccn2C)cc1.Cl. The highest BCUT2D eigenvalue weighted by Gasteiger charge is 2.33. The van der Waals surface area contributed by atoms with Crippen molar-refractivity contribution in [1.82, 2.24) is 19.8 Å². The van der Waals surface area contributed by atoms with Gasteiger partial charge in [-0.1, -0.05) is 31.2 Å². The summed E-state index contributed by atoms with van der Waals surface area (Å²) in [5, 5.41) is 3.38. The van der Waals surface area contributed by atoms with E-state index in [0.29, 0.717) is 6.54 Å². The Morgan fingerprint density at radius 2 is 2.08 bits per heavy atom. The normalized spacial score (nSPS) is 18.5. The number of carbonyl (C=O) groups excluding carboxylic acids is 1. The zero-order valence-corrected chi connectivity index (χ0v) is 15.9. The summed E-state index contributed by atoms with van der Waals surface area (Å²) in [5.41, 5.74) is 2.38. The number of nitrogens with zero attached hydrogens (tertiary/aromatic N) is 3. The molecule has 3 rings (SSSR count). The first kappa shape index (κ1) is 19.5. The van der Waals surface area contributed by atoms with Crippen molar-refractivity contribution in [1.29, 1.82) is 0 Å². The fraction of sp³-hybridized carbons (Fsp3) is 0.474. The Kier molecular flexibility index (Phi) is 6.62. The van der Waals surface area contributed by atoms with Crippen LogP contribution in [0.4, 0.5) is 0 Å². The van der Waals surface area contributed by atoms with Gasteiger partial charge < -0.3 is 14.8 Å². The predicted molar refractivity (Wildman–Crippen MR) is 102 cm³/mol. The topological polar surface area (TPSA) is 50.2 Å². The van der Waals surface area contributed by atoms with Crippen molar-refractivity contribution < 1.29 is 4.79 Å². The highest BCUT2D eigenvalue weighted by Crippen LogP contribution is 2.26. The quantitative estimate of drug-likeness (QED) is 0.909. The number of hydrogen-bond donors (Lipinski definition) is 1. The number of hydrogen-bond acceptors (Lipinski definition) is 3. The number of nitrogens with one attached hydrogen (secondary N) is 1. The summed E-state index contributed by atoms with van der Waals surface area (Å²) in [5.74, 6) is 0.967. The molecule has 0 aliphatic carbocycles. The number of amides is 1. The zero-order chi connectivity index (χ0) is 17.1. The molecule has 1 N–H and O–H groups in total. The van der Waals surface area contributed by atoms with Crippen molar-refractivity contribution in [3.05, 3.63) is 53.6 Å². The van der Waals surface area contributed by atoms with Crippen LogP contribution in [-0.2, 0) is 18.3 Å². The van der Waals surface area contributed by atoms with E-state index in [-0.39, 0.29) is 30.3 Å². The van der Waals surface area contributed by atoms with Gasteiger partial charge in [-0.2, -0.15) is 0 Å². The molecular formula is C19H27ClN4O. The Bertz CT molecular complexity index is 698. The lowest BCUT2D eigenvalue weighted by Gasteiger charge is -2.37. The average molecular weight is 363 g/mol. The maximum Gasteiger partial charge on any atom is 0.230 e. The van der Waals surface area contributed by atoms with E-state index in [4.69, 9.17) is 0 Å². The van der Waals surface area contributed by atoms with Gasteiger partial charge >= 0.3 is 0 Å². The Hall–Kier alpha value is -1.85. The largest absolute Gasteiger partial charge is 0.336 e. The van der Waals surface area contributed by atoms with Crippen LogP contribution in [0.25, 0.3) is 0 Å². The van der Waals surface area contributed by atoms with Gasteiger partial charge in [-0.15, -0.1) is 12.4 Å². The maximum absolute atomic E-state index is 13.1. The van der Waals surface area contributed by atoms with Crippen LogP contribution in [-0.4, -0.2) is 40.0 Å².